The van der Waals surface area contributed by atoms with E-state index in [0.29, 0.717) is 29.1 Å². The van der Waals surface area contributed by atoms with Gasteiger partial charge in [0.05, 0.1) is 17.5 Å². The summed E-state index contributed by atoms with van der Waals surface area (Å²) in [7, 11) is 1.79. The fourth-order valence-electron chi connectivity index (χ4n) is 3.39. The van der Waals surface area contributed by atoms with Crippen molar-refractivity contribution in [3.05, 3.63) is 65.1 Å². The summed E-state index contributed by atoms with van der Waals surface area (Å²) in [5.74, 6) is 0. The number of aromatic amines is 1. The molecule has 1 aromatic carbocycles. The first-order valence-corrected chi connectivity index (χ1v) is 11.0. The Bertz CT molecular complexity index is 1090. The molecule has 0 aliphatic rings. The second-order valence-electron chi connectivity index (χ2n) is 7.66. The molecule has 2 heterocycles. The van der Waals surface area contributed by atoms with Gasteiger partial charge in [-0.15, -0.1) is 0 Å². The number of nitrogens with one attached hydrogen (secondary N) is 2. The van der Waals surface area contributed by atoms with Crippen molar-refractivity contribution in [1.82, 2.24) is 25.3 Å². The van der Waals surface area contributed by atoms with Crippen LogP contribution in [-0.4, -0.2) is 26.5 Å². The Balaban J connectivity index is 0.00000122. The monoisotopic (exact) mass is 459 g/mol. The highest BCUT2D eigenvalue weighted by atomic mass is 19.4. The van der Waals surface area contributed by atoms with E-state index in [0.717, 1.165) is 5.56 Å². The predicted octanol–water partition coefficient (Wildman–Crippen LogP) is 6.56. The number of halogens is 3. The van der Waals surface area contributed by atoms with E-state index in [4.69, 9.17) is 0 Å². The molecule has 2 aromatic heterocycles. The summed E-state index contributed by atoms with van der Waals surface area (Å²) in [5.41, 5.74) is 2.89. The minimum Gasteiger partial charge on any atom is -0.313 e. The molecule has 0 saturated carbocycles. The van der Waals surface area contributed by atoms with Crippen LogP contribution >= 0.6 is 0 Å². The van der Waals surface area contributed by atoms with Crippen molar-refractivity contribution < 1.29 is 13.2 Å². The molecule has 0 aliphatic carbocycles. The average molecular weight is 460 g/mol. The van der Waals surface area contributed by atoms with Crippen LogP contribution in [0, 0.1) is 0 Å². The van der Waals surface area contributed by atoms with Crippen LogP contribution in [-0.2, 0) is 19.8 Å². The van der Waals surface area contributed by atoms with E-state index in [1.807, 2.05) is 6.92 Å². The number of rotatable bonds is 7. The van der Waals surface area contributed by atoms with Gasteiger partial charge in [-0.3, -0.25) is 9.78 Å². The van der Waals surface area contributed by atoms with Crippen LogP contribution in [0.3, 0.4) is 0 Å². The fourth-order valence-corrected chi connectivity index (χ4v) is 3.39. The number of aromatic nitrogens is 4. The summed E-state index contributed by atoms with van der Waals surface area (Å²) in [6.45, 7) is 12.3. The highest BCUT2D eigenvalue weighted by Gasteiger charge is 2.36. The van der Waals surface area contributed by atoms with Gasteiger partial charge in [-0.1, -0.05) is 52.0 Å². The molecule has 0 fully saturated rings. The molecule has 0 spiro atoms. The van der Waals surface area contributed by atoms with Gasteiger partial charge < -0.3 is 5.32 Å². The third-order valence-electron chi connectivity index (χ3n) is 4.80. The fraction of sp³-hybridized carbons (Fsp3) is 0.360. The van der Waals surface area contributed by atoms with Crippen molar-refractivity contribution in [3.63, 3.8) is 0 Å². The molecule has 0 saturated heterocycles. The van der Waals surface area contributed by atoms with E-state index in [-0.39, 0.29) is 17.7 Å². The Kier molecular flexibility index (Phi) is 9.22. The van der Waals surface area contributed by atoms with Crippen LogP contribution in [0.5, 0.6) is 0 Å². The number of alkyl halides is 3. The van der Waals surface area contributed by atoms with Crippen LogP contribution < -0.4 is 5.32 Å². The molecular formula is C25H32F3N5. The normalized spacial score (nSPS) is 11.8. The zero-order chi connectivity index (χ0) is 24.6. The number of aryl methyl sites for hydroxylation is 1. The Morgan fingerprint density at radius 3 is 2.48 bits per heavy atom. The number of allylic oxidation sites excluding steroid dienone is 1. The number of benzene rings is 1. The maximum absolute atomic E-state index is 14.0. The molecule has 5 nitrogen and oxygen atoms in total. The van der Waals surface area contributed by atoms with Crippen LogP contribution in [0.15, 0.2) is 37.2 Å². The lowest BCUT2D eigenvalue weighted by atomic mass is 9.93. The lowest BCUT2D eigenvalue weighted by molar-refractivity contribution is -0.138. The second-order valence-corrected chi connectivity index (χ2v) is 7.66. The van der Waals surface area contributed by atoms with Crippen molar-refractivity contribution in [3.8, 4) is 11.3 Å². The molecule has 3 aromatic rings. The topological polar surface area (TPSA) is 58.5 Å². The molecule has 3 rings (SSSR count). The molecule has 0 bridgehead atoms. The lowest BCUT2D eigenvalue weighted by Crippen LogP contribution is -2.18. The van der Waals surface area contributed by atoms with Gasteiger partial charge >= 0.3 is 6.18 Å². The van der Waals surface area contributed by atoms with Crippen LogP contribution in [0.4, 0.5) is 13.2 Å². The first-order valence-electron chi connectivity index (χ1n) is 11.0. The summed E-state index contributed by atoms with van der Waals surface area (Å²) >= 11 is 0. The van der Waals surface area contributed by atoms with Gasteiger partial charge in [-0.25, -0.2) is 0 Å². The zero-order valence-electron chi connectivity index (χ0n) is 19.8. The van der Waals surface area contributed by atoms with Gasteiger partial charge in [-0.05, 0) is 42.3 Å². The van der Waals surface area contributed by atoms with Gasteiger partial charge in [0.1, 0.15) is 5.69 Å². The molecule has 8 heteroatoms. The Morgan fingerprint density at radius 2 is 1.94 bits per heavy atom. The van der Waals surface area contributed by atoms with Crippen LogP contribution in [0.1, 0.15) is 62.1 Å². The smallest absolute Gasteiger partial charge is 0.313 e. The van der Waals surface area contributed by atoms with E-state index in [1.165, 1.54) is 18.6 Å². The third-order valence-corrected chi connectivity index (χ3v) is 4.80. The molecule has 178 valence electrons. The van der Waals surface area contributed by atoms with Crippen molar-refractivity contribution in [2.45, 2.75) is 46.8 Å². The maximum Gasteiger partial charge on any atom is 0.417 e. The number of nitrogens with zero attached hydrogens (tertiary/aromatic N) is 3. The first kappa shape index (κ1) is 26.1. The average Bonchev–Trinajstić information content (AvgIpc) is 3.37. The van der Waals surface area contributed by atoms with Crippen LogP contribution in [0.25, 0.3) is 29.0 Å². The molecule has 0 atom stereocenters. The van der Waals surface area contributed by atoms with E-state index in [9.17, 15) is 13.2 Å². The summed E-state index contributed by atoms with van der Waals surface area (Å²) < 4.78 is 43.5. The van der Waals surface area contributed by atoms with Gasteiger partial charge in [0.2, 0.25) is 0 Å². The van der Waals surface area contributed by atoms with Crippen molar-refractivity contribution in [1.29, 1.82) is 0 Å². The quantitative estimate of drug-likeness (QED) is 0.421. The Morgan fingerprint density at radius 1 is 1.24 bits per heavy atom. The molecule has 0 amide bonds. The van der Waals surface area contributed by atoms with E-state index in [1.54, 1.807) is 49.3 Å². The van der Waals surface area contributed by atoms with Crippen molar-refractivity contribution >= 4 is 17.7 Å². The van der Waals surface area contributed by atoms with E-state index >= 15 is 0 Å². The molecule has 0 radical (unpaired) electrons. The summed E-state index contributed by atoms with van der Waals surface area (Å²) in [6, 6.07) is 4.66. The first-order chi connectivity index (χ1) is 15.7. The summed E-state index contributed by atoms with van der Waals surface area (Å²) in [6.07, 6.45) is 3.55. The summed E-state index contributed by atoms with van der Waals surface area (Å²) in [4.78, 5) is 0. The molecule has 33 heavy (non-hydrogen) atoms. The van der Waals surface area contributed by atoms with Gasteiger partial charge in [0, 0.05) is 30.9 Å². The number of hydrogen-bond acceptors (Lipinski definition) is 3. The number of hydrogen-bond donors (Lipinski definition) is 2. The van der Waals surface area contributed by atoms with Gasteiger partial charge in [0.15, 0.2) is 0 Å². The van der Waals surface area contributed by atoms with E-state index < -0.39 is 11.7 Å². The number of H-pyrrole nitrogens is 1. The van der Waals surface area contributed by atoms with Crippen molar-refractivity contribution in [2.75, 3.05) is 6.54 Å². The Labute approximate surface area is 193 Å². The van der Waals surface area contributed by atoms with Crippen molar-refractivity contribution in [2.24, 2.45) is 7.05 Å². The zero-order valence-corrected chi connectivity index (χ0v) is 19.8. The van der Waals surface area contributed by atoms with Crippen LogP contribution in [0.2, 0.25) is 0 Å². The standard InChI is InChI=1S/C22H24F3N5.C3H8/c1-5-19-18(21(29-28-19)16-12-27-30(4)13-16)10-14(3)17-9-7-8-15(11-26-6-2)20(17)22(23,24)25;1-3-2/h5,7-10,12-13,26H,1,6,11H2,2-4H3,(H,28,29);3H2,1-2H3/b14-10+;. The predicted molar refractivity (Wildman–Crippen MR) is 129 cm³/mol. The molecule has 2 N–H and O–H groups in total. The minimum atomic E-state index is -4.47. The Hall–Kier alpha value is -3.13. The second kappa shape index (κ2) is 11.7. The van der Waals surface area contributed by atoms with Gasteiger partial charge in [-0.2, -0.15) is 23.4 Å². The summed E-state index contributed by atoms with van der Waals surface area (Å²) in [5, 5.41) is 14.3. The largest absolute Gasteiger partial charge is 0.417 e. The van der Waals surface area contributed by atoms with E-state index in [2.05, 4.69) is 41.0 Å². The third kappa shape index (κ3) is 6.44. The highest BCUT2D eigenvalue weighted by molar-refractivity contribution is 5.88. The molecule has 0 aliphatic heterocycles. The SMILES string of the molecule is C=Cc1[nH]nc(-c2cnn(C)c2)c1/C=C(\C)c1cccc(CNCC)c1C(F)(F)F.CCC. The minimum absolute atomic E-state index is 0.145. The van der Waals surface area contributed by atoms with Gasteiger partial charge in [0.25, 0.3) is 0 Å². The lowest BCUT2D eigenvalue weighted by Gasteiger charge is -2.18. The highest BCUT2D eigenvalue weighted by Crippen LogP contribution is 2.38. The maximum atomic E-state index is 14.0. The molecule has 0 unspecified atom stereocenters. The molecular weight excluding hydrogens is 427 g/mol.